The third-order valence-electron chi connectivity index (χ3n) is 3.72. The molecule has 0 aliphatic heterocycles. The van der Waals surface area contributed by atoms with Crippen molar-refractivity contribution < 1.29 is 9.90 Å². The third-order valence-corrected chi connectivity index (χ3v) is 4.38. The SMILES string of the molecule is CC(=O)N[C@H](c1ccccc1Cl)c1cc(Cl)c2cccnc2c1O. The fourth-order valence-electron chi connectivity index (χ4n) is 2.66. The predicted octanol–water partition coefficient (Wildman–Crippen LogP) is 4.47. The van der Waals surface area contributed by atoms with Gasteiger partial charge in [-0.1, -0.05) is 41.4 Å². The monoisotopic (exact) mass is 360 g/mol. The summed E-state index contributed by atoms with van der Waals surface area (Å²) in [6.45, 7) is 1.40. The van der Waals surface area contributed by atoms with Crippen LogP contribution in [0.1, 0.15) is 24.1 Å². The molecule has 4 nitrogen and oxygen atoms in total. The zero-order valence-electron chi connectivity index (χ0n) is 12.8. The van der Waals surface area contributed by atoms with Crippen LogP contribution in [0.5, 0.6) is 5.75 Å². The Morgan fingerprint density at radius 3 is 2.58 bits per heavy atom. The van der Waals surface area contributed by atoms with Crippen LogP contribution in [0.4, 0.5) is 0 Å². The minimum atomic E-state index is -0.639. The van der Waals surface area contributed by atoms with E-state index < -0.39 is 6.04 Å². The highest BCUT2D eigenvalue weighted by atomic mass is 35.5. The molecule has 2 aromatic carbocycles. The molecular formula is C18H14Cl2N2O2. The molecule has 3 aromatic rings. The van der Waals surface area contributed by atoms with Gasteiger partial charge in [0.25, 0.3) is 0 Å². The normalized spacial score (nSPS) is 12.1. The molecule has 3 rings (SSSR count). The maximum Gasteiger partial charge on any atom is 0.217 e. The maximum absolute atomic E-state index is 11.7. The number of rotatable bonds is 3. The molecule has 6 heteroatoms. The number of benzene rings is 2. The fraction of sp³-hybridized carbons (Fsp3) is 0.111. The van der Waals surface area contributed by atoms with Crippen LogP contribution in [0.25, 0.3) is 10.9 Å². The predicted molar refractivity (Wildman–Crippen MR) is 95.5 cm³/mol. The van der Waals surface area contributed by atoms with Gasteiger partial charge in [0.05, 0.1) is 11.1 Å². The fourth-order valence-corrected chi connectivity index (χ4v) is 3.18. The first kappa shape index (κ1) is 16.6. The Morgan fingerprint density at radius 2 is 1.88 bits per heavy atom. The third kappa shape index (κ3) is 3.03. The molecule has 0 fully saturated rings. The van der Waals surface area contributed by atoms with Crippen molar-refractivity contribution >= 4 is 40.0 Å². The van der Waals surface area contributed by atoms with Gasteiger partial charge in [0.1, 0.15) is 11.3 Å². The summed E-state index contributed by atoms with van der Waals surface area (Å²) >= 11 is 12.6. The van der Waals surface area contributed by atoms with Crippen LogP contribution in [0.3, 0.4) is 0 Å². The second-order valence-corrected chi connectivity index (χ2v) is 6.17. The Balaban J connectivity index is 2.25. The zero-order chi connectivity index (χ0) is 17.3. The summed E-state index contributed by atoms with van der Waals surface area (Å²) in [5.41, 5.74) is 1.48. The first-order valence-electron chi connectivity index (χ1n) is 7.26. The highest BCUT2D eigenvalue weighted by Crippen LogP contribution is 2.39. The highest BCUT2D eigenvalue weighted by molar-refractivity contribution is 6.35. The minimum absolute atomic E-state index is 0.0336. The summed E-state index contributed by atoms with van der Waals surface area (Å²) in [6, 6.07) is 11.6. The van der Waals surface area contributed by atoms with Gasteiger partial charge in [-0.15, -0.1) is 0 Å². The van der Waals surface area contributed by atoms with Gasteiger partial charge in [-0.05, 0) is 29.8 Å². The van der Waals surface area contributed by atoms with E-state index in [1.165, 1.54) is 6.92 Å². The van der Waals surface area contributed by atoms with Crippen molar-refractivity contribution in [3.63, 3.8) is 0 Å². The lowest BCUT2D eigenvalue weighted by Gasteiger charge is -2.22. The molecule has 24 heavy (non-hydrogen) atoms. The lowest BCUT2D eigenvalue weighted by atomic mass is 9.96. The molecule has 0 aliphatic rings. The maximum atomic E-state index is 11.7. The number of nitrogens with zero attached hydrogens (tertiary/aromatic N) is 1. The van der Waals surface area contributed by atoms with Crippen molar-refractivity contribution in [1.82, 2.24) is 10.3 Å². The van der Waals surface area contributed by atoms with Crippen LogP contribution in [0, 0.1) is 0 Å². The Labute approximate surface area is 149 Å². The Bertz CT molecular complexity index is 928. The lowest BCUT2D eigenvalue weighted by Crippen LogP contribution is -2.27. The van der Waals surface area contributed by atoms with E-state index in [4.69, 9.17) is 23.2 Å². The lowest BCUT2D eigenvalue weighted by molar-refractivity contribution is -0.119. The number of fused-ring (bicyclic) bond motifs is 1. The van der Waals surface area contributed by atoms with Crippen molar-refractivity contribution in [1.29, 1.82) is 0 Å². The Kier molecular flexibility index (Phi) is 4.60. The summed E-state index contributed by atoms with van der Waals surface area (Å²) < 4.78 is 0. The van der Waals surface area contributed by atoms with E-state index in [0.29, 0.717) is 32.1 Å². The van der Waals surface area contributed by atoms with Gasteiger partial charge in [-0.2, -0.15) is 0 Å². The van der Waals surface area contributed by atoms with Crippen molar-refractivity contribution in [3.05, 3.63) is 69.8 Å². The molecule has 0 unspecified atom stereocenters. The number of carbonyl (C=O) groups excluding carboxylic acids is 1. The number of hydrogen-bond acceptors (Lipinski definition) is 3. The Hall–Kier alpha value is -2.30. The number of pyridine rings is 1. The van der Waals surface area contributed by atoms with Crippen molar-refractivity contribution in [2.45, 2.75) is 13.0 Å². The molecule has 1 aromatic heterocycles. The number of amides is 1. The molecule has 0 saturated carbocycles. The molecule has 1 amide bonds. The van der Waals surface area contributed by atoms with Crippen LogP contribution in [-0.4, -0.2) is 16.0 Å². The number of phenols is 1. The van der Waals surface area contributed by atoms with E-state index in [1.54, 1.807) is 42.6 Å². The topological polar surface area (TPSA) is 62.2 Å². The minimum Gasteiger partial charge on any atom is -0.505 e. The molecule has 1 heterocycles. The number of aromatic nitrogens is 1. The van der Waals surface area contributed by atoms with Crippen molar-refractivity contribution in [2.24, 2.45) is 0 Å². The summed E-state index contributed by atoms with van der Waals surface area (Å²) in [5.74, 6) is -0.287. The molecule has 2 N–H and O–H groups in total. The van der Waals surface area contributed by atoms with E-state index in [2.05, 4.69) is 10.3 Å². The summed E-state index contributed by atoms with van der Waals surface area (Å²) in [7, 11) is 0. The molecule has 1 atom stereocenters. The van der Waals surface area contributed by atoms with Gasteiger partial charge >= 0.3 is 0 Å². The van der Waals surface area contributed by atoms with Crippen LogP contribution in [-0.2, 0) is 4.79 Å². The second-order valence-electron chi connectivity index (χ2n) is 5.35. The molecular weight excluding hydrogens is 347 g/mol. The van der Waals surface area contributed by atoms with Gasteiger partial charge in [0.2, 0.25) is 5.91 Å². The number of hydrogen-bond donors (Lipinski definition) is 2. The van der Waals surface area contributed by atoms with Crippen molar-refractivity contribution in [3.8, 4) is 5.75 Å². The second kappa shape index (κ2) is 6.67. The van der Waals surface area contributed by atoms with Gasteiger partial charge in [-0.3, -0.25) is 9.78 Å². The molecule has 122 valence electrons. The summed E-state index contributed by atoms with van der Waals surface area (Å²) in [6.07, 6.45) is 1.57. The molecule has 0 spiro atoms. The van der Waals surface area contributed by atoms with Crippen molar-refractivity contribution in [2.75, 3.05) is 0 Å². The largest absolute Gasteiger partial charge is 0.505 e. The molecule has 0 saturated heterocycles. The van der Waals surface area contributed by atoms with Gasteiger partial charge in [-0.25, -0.2) is 0 Å². The number of carbonyl (C=O) groups is 1. The van der Waals surface area contributed by atoms with E-state index in [9.17, 15) is 9.90 Å². The number of halogens is 2. The highest BCUT2D eigenvalue weighted by Gasteiger charge is 2.23. The van der Waals surface area contributed by atoms with E-state index in [1.807, 2.05) is 6.07 Å². The quantitative estimate of drug-likeness (QED) is 0.723. The number of nitrogens with one attached hydrogen (secondary N) is 1. The zero-order valence-corrected chi connectivity index (χ0v) is 14.3. The first-order valence-corrected chi connectivity index (χ1v) is 8.02. The average molecular weight is 361 g/mol. The first-order chi connectivity index (χ1) is 11.5. The van der Waals surface area contributed by atoms with Crippen LogP contribution in [0.15, 0.2) is 48.7 Å². The number of aromatic hydroxyl groups is 1. The van der Waals surface area contributed by atoms with E-state index in [-0.39, 0.29) is 11.7 Å². The smallest absolute Gasteiger partial charge is 0.217 e. The van der Waals surface area contributed by atoms with Crippen LogP contribution in [0.2, 0.25) is 10.0 Å². The summed E-state index contributed by atoms with van der Waals surface area (Å²) in [4.78, 5) is 15.9. The van der Waals surface area contributed by atoms with Crippen LogP contribution >= 0.6 is 23.2 Å². The van der Waals surface area contributed by atoms with Crippen LogP contribution < -0.4 is 5.32 Å². The Morgan fingerprint density at radius 1 is 1.12 bits per heavy atom. The molecule has 0 bridgehead atoms. The van der Waals surface area contributed by atoms with E-state index >= 15 is 0 Å². The molecule has 0 radical (unpaired) electrons. The van der Waals surface area contributed by atoms with Gasteiger partial charge < -0.3 is 10.4 Å². The average Bonchev–Trinajstić information content (AvgIpc) is 2.57. The standard InChI is InChI=1S/C18H14Cl2N2O2/c1-10(23)22-16(11-5-2-3-7-14(11)19)13-9-15(20)12-6-4-8-21-17(12)18(13)24/h2-9,16,24H,1H3,(H,22,23)/t16-/m1/s1. The van der Waals surface area contributed by atoms with E-state index in [0.717, 1.165) is 0 Å². The van der Waals surface area contributed by atoms with Gasteiger partial charge in [0.15, 0.2) is 0 Å². The molecule has 0 aliphatic carbocycles. The number of phenolic OH excluding ortho intramolecular Hbond substituents is 1. The summed E-state index contributed by atoms with van der Waals surface area (Å²) in [5, 5.41) is 15.1. The van der Waals surface area contributed by atoms with Gasteiger partial charge in [0, 0.05) is 29.1 Å².